The number of nitrogens with zero attached hydrogens (tertiary/aromatic N) is 3. The van der Waals surface area contributed by atoms with Crippen LogP contribution in [0.1, 0.15) is 33.6 Å². The van der Waals surface area contributed by atoms with Crippen molar-refractivity contribution in [1.29, 1.82) is 0 Å². The number of anilines is 2. The maximum absolute atomic E-state index is 14.9. The molecule has 0 bridgehead atoms. The zero-order valence-corrected chi connectivity index (χ0v) is 18.3. The number of ether oxygens (including phenoxy) is 2. The van der Waals surface area contributed by atoms with Gasteiger partial charge in [0.15, 0.2) is 0 Å². The fourth-order valence-corrected chi connectivity index (χ4v) is 3.69. The van der Waals surface area contributed by atoms with Crippen LogP contribution in [0.15, 0.2) is 18.2 Å². The number of amides is 2. The van der Waals surface area contributed by atoms with E-state index in [2.05, 4.69) is 0 Å². The smallest absolute Gasteiger partial charge is 0.414 e. The minimum Gasteiger partial charge on any atom is -0.444 e. The predicted molar refractivity (Wildman–Crippen MR) is 114 cm³/mol. The van der Waals surface area contributed by atoms with Crippen LogP contribution < -0.4 is 9.80 Å². The molecule has 2 saturated heterocycles. The summed E-state index contributed by atoms with van der Waals surface area (Å²) >= 11 is 0. The van der Waals surface area contributed by atoms with Crippen molar-refractivity contribution >= 4 is 29.2 Å². The molecule has 1 aromatic carbocycles. The van der Waals surface area contributed by atoms with Gasteiger partial charge in [0.25, 0.3) is 0 Å². The Morgan fingerprint density at radius 2 is 1.94 bits per heavy atom. The second-order valence-electron chi connectivity index (χ2n) is 8.22. The van der Waals surface area contributed by atoms with Crippen molar-refractivity contribution in [2.75, 3.05) is 49.1 Å². The Morgan fingerprint density at radius 3 is 2.55 bits per heavy atom. The van der Waals surface area contributed by atoms with Crippen LogP contribution in [0.25, 0.3) is 0 Å². The number of halogens is 1. The molecule has 2 heterocycles. The molecule has 31 heavy (non-hydrogen) atoms. The minimum atomic E-state index is -0.531. The minimum absolute atomic E-state index is 0.00449. The third-order valence-corrected chi connectivity index (χ3v) is 5.45. The Hall–Kier alpha value is -2.68. The number of hydrogen-bond donors (Lipinski definition) is 0. The molecule has 2 amide bonds. The van der Waals surface area contributed by atoms with Gasteiger partial charge < -0.3 is 24.1 Å². The van der Waals surface area contributed by atoms with E-state index in [0.29, 0.717) is 56.9 Å². The number of piperazine rings is 1. The zero-order valence-electron chi connectivity index (χ0n) is 18.3. The molecule has 1 aromatic rings. The summed E-state index contributed by atoms with van der Waals surface area (Å²) < 4.78 is 25.5. The summed E-state index contributed by atoms with van der Waals surface area (Å²) in [5.74, 6) is -0.449. The molecule has 1 unspecified atom stereocenters. The first-order chi connectivity index (χ1) is 14.7. The number of cyclic esters (lactones) is 1. The molecule has 2 aliphatic rings. The van der Waals surface area contributed by atoms with Crippen molar-refractivity contribution in [3.63, 3.8) is 0 Å². The van der Waals surface area contributed by atoms with E-state index in [1.54, 1.807) is 17.0 Å². The van der Waals surface area contributed by atoms with Crippen molar-refractivity contribution in [3.05, 3.63) is 24.0 Å². The van der Waals surface area contributed by atoms with Gasteiger partial charge >= 0.3 is 6.09 Å². The molecule has 1 atom stereocenters. The third-order valence-electron chi connectivity index (χ3n) is 5.45. The van der Waals surface area contributed by atoms with Gasteiger partial charge in [0, 0.05) is 32.6 Å². The number of Topliss-reactive ketones (excluding diaryl/α,β-unsaturated/α-hetero) is 1. The topological polar surface area (TPSA) is 79.4 Å². The molecule has 0 saturated carbocycles. The highest BCUT2D eigenvalue weighted by Crippen LogP contribution is 2.29. The van der Waals surface area contributed by atoms with Gasteiger partial charge in [-0.2, -0.15) is 0 Å². The molecule has 0 radical (unpaired) electrons. The maximum atomic E-state index is 14.9. The summed E-state index contributed by atoms with van der Waals surface area (Å²) in [6.45, 7) is 7.64. The van der Waals surface area contributed by atoms with E-state index < -0.39 is 11.9 Å². The lowest BCUT2D eigenvalue weighted by Gasteiger charge is -2.36. The first kappa shape index (κ1) is 23.0. The van der Waals surface area contributed by atoms with Gasteiger partial charge in [-0.1, -0.05) is 0 Å². The summed E-state index contributed by atoms with van der Waals surface area (Å²) in [5, 5.41) is 0. The van der Waals surface area contributed by atoms with Crippen molar-refractivity contribution < 1.29 is 28.2 Å². The van der Waals surface area contributed by atoms with E-state index in [1.165, 1.54) is 17.9 Å². The monoisotopic (exact) mass is 435 g/mol. The first-order valence-electron chi connectivity index (χ1n) is 10.7. The Kier molecular flexibility index (Phi) is 7.48. The van der Waals surface area contributed by atoms with Gasteiger partial charge in [-0.05, 0) is 45.4 Å². The van der Waals surface area contributed by atoms with Crippen LogP contribution >= 0.6 is 0 Å². The molecule has 0 N–H and O–H groups in total. The largest absolute Gasteiger partial charge is 0.444 e. The molecule has 9 heteroatoms. The normalized spacial score (nSPS) is 19.2. The number of benzene rings is 1. The second kappa shape index (κ2) is 10.1. The Labute approximate surface area is 181 Å². The van der Waals surface area contributed by atoms with Gasteiger partial charge in [-0.25, -0.2) is 9.18 Å². The molecule has 170 valence electrons. The van der Waals surface area contributed by atoms with E-state index in [9.17, 15) is 18.8 Å². The quantitative estimate of drug-likeness (QED) is 0.625. The van der Waals surface area contributed by atoms with Crippen LogP contribution in [-0.2, 0) is 19.1 Å². The van der Waals surface area contributed by atoms with Gasteiger partial charge in [0.1, 0.15) is 24.3 Å². The van der Waals surface area contributed by atoms with Crippen molar-refractivity contribution in [3.8, 4) is 0 Å². The van der Waals surface area contributed by atoms with E-state index in [4.69, 9.17) is 9.47 Å². The Morgan fingerprint density at radius 1 is 1.23 bits per heavy atom. The summed E-state index contributed by atoms with van der Waals surface area (Å²) in [4.78, 5) is 40.5. The zero-order chi connectivity index (χ0) is 22.5. The summed E-state index contributed by atoms with van der Waals surface area (Å²) in [7, 11) is 0. The molecule has 8 nitrogen and oxygen atoms in total. The maximum Gasteiger partial charge on any atom is 0.414 e. The Bertz CT molecular complexity index is 823. The molecule has 0 aliphatic carbocycles. The van der Waals surface area contributed by atoms with Crippen LogP contribution in [0.5, 0.6) is 0 Å². The highest BCUT2D eigenvalue weighted by molar-refractivity contribution is 5.90. The van der Waals surface area contributed by atoms with Crippen LogP contribution in [0.4, 0.5) is 20.6 Å². The molecule has 0 aromatic heterocycles. The van der Waals surface area contributed by atoms with Crippen molar-refractivity contribution in [1.82, 2.24) is 4.90 Å². The summed E-state index contributed by atoms with van der Waals surface area (Å²) in [5.41, 5.74) is 0.867. The van der Waals surface area contributed by atoms with Gasteiger partial charge in [-0.15, -0.1) is 0 Å². The van der Waals surface area contributed by atoms with Gasteiger partial charge in [0.2, 0.25) is 5.91 Å². The fourth-order valence-electron chi connectivity index (χ4n) is 3.69. The van der Waals surface area contributed by atoms with Crippen molar-refractivity contribution in [2.24, 2.45) is 0 Å². The first-order valence-corrected chi connectivity index (χ1v) is 10.7. The molecular weight excluding hydrogens is 405 g/mol. The van der Waals surface area contributed by atoms with E-state index in [-0.39, 0.29) is 30.5 Å². The second-order valence-corrected chi connectivity index (χ2v) is 8.22. The lowest BCUT2D eigenvalue weighted by atomic mass is 10.1. The number of rotatable bonds is 8. The summed E-state index contributed by atoms with van der Waals surface area (Å²) in [6, 6.07) is 4.68. The molecule has 3 rings (SSSR count). The Balaban J connectivity index is 1.57. The van der Waals surface area contributed by atoms with Crippen LogP contribution in [-0.4, -0.2) is 74.2 Å². The highest BCUT2D eigenvalue weighted by Gasteiger charge is 2.33. The molecule has 0 spiro atoms. The van der Waals surface area contributed by atoms with Crippen LogP contribution in [0.3, 0.4) is 0 Å². The number of hydrogen-bond acceptors (Lipinski definition) is 6. The van der Waals surface area contributed by atoms with Crippen molar-refractivity contribution in [2.45, 2.75) is 45.8 Å². The SMILES string of the molecule is CC(=O)CCC1CN(c2ccc(N3CCN(C(=O)COC(C)C)CC3)c(F)c2)C(=O)O1. The van der Waals surface area contributed by atoms with E-state index in [1.807, 2.05) is 18.7 Å². The summed E-state index contributed by atoms with van der Waals surface area (Å²) in [6.07, 6.45) is -0.100. The lowest BCUT2D eigenvalue weighted by molar-refractivity contribution is -0.137. The number of carbonyl (C=O) groups is 3. The third kappa shape index (κ3) is 5.94. The predicted octanol–water partition coefficient (Wildman–Crippen LogP) is 2.59. The number of ketones is 1. The van der Waals surface area contributed by atoms with Crippen LogP contribution in [0, 0.1) is 5.82 Å². The van der Waals surface area contributed by atoms with E-state index in [0.717, 1.165) is 0 Å². The molecule has 2 fully saturated rings. The molecular formula is C22H30FN3O5. The van der Waals surface area contributed by atoms with Gasteiger partial charge in [0.05, 0.1) is 24.0 Å². The standard InChI is InChI=1S/C22H30FN3O5/c1-15(2)30-14-21(28)25-10-8-24(9-11-25)20-7-5-17(12-19(20)23)26-13-18(31-22(26)29)6-4-16(3)27/h5,7,12,15,18H,4,6,8-11,13-14H2,1-3H3. The van der Waals surface area contributed by atoms with Crippen LogP contribution in [0.2, 0.25) is 0 Å². The lowest BCUT2D eigenvalue weighted by Crippen LogP contribution is -2.50. The average molecular weight is 435 g/mol. The number of carbonyl (C=O) groups excluding carboxylic acids is 3. The fraction of sp³-hybridized carbons (Fsp3) is 0.591. The van der Waals surface area contributed by atoms with E-state index >= 15 is 0 Å². The average Bonchev–Trinajstić information content (AvgIpc) is 3.11. The molecule has 2 aliphatic heterocycles. The van der Waals surface area contributed by atoms with Gasteiger partial charge in [-0.3, -0.25) is 9.69 Å². The highest BCUT2D eigenvalue weighted by atomic mass is 19.1.